The summed E-state index contributed by atoms with van der Waals surface area (Å²) in [5.41, 5.74) is 15.0. The molecular formula is C63H72Cl3N7O2. The second kappa shape index (κ2) is 24.6. The summed E-state index contributed by atoms with van der Waals surface area (Å²) in [6.07, 6.45) is 25.3. The smallest absolute Gasteiger partial charge is 0.295 e. The van der Waals surface area contributed by atoms with Gasteiger partial charge in [0, 0.05) is 46.4 Å². The molecule has 0 bridgehead atoms. The van der Waals surface area contributed by atoms with Crippen molar-refractivity contribution in [1.29, 1.82) is 0 Å². The second-order valence-corrected chi connectivity index (χ2v) is 22.3. The van der Waals surface area contributed by atoms with Crippen molar-refractivity contribution in [2.45, 2.75) is 78.1 Å². The third-order valence-electron chi connectivity index (χ3n) is 16.2. The Balaban J connectivity index is 0.000000148. The van der Waals surface area contributed by atoms with Gasteiger partial charge in [-0.15, -0.1) is 0 Å². The van der Waals surface area contributed by atoms with E-state index in [-0.39, 0.29) is 36.4 Å². The third kappa shape index (κ3) is 12.2. The van der Waals surface area contributed by atoms with E-state index in [1.54, 1.807) is 6.07 Å². The summed E-state index contributed by atoms with van der Waals surface area (Å²) < 4.78 is 0. The lowest BCUT2D eigenvalue weighted by Crippen LogP contribution is -2.33. The van der Waals surface area contributed by atoms with Gasteiger partial charge in [-0.25, -0.2) is 0 Å². The summed E-state index contributed by atoms with van der Waals surface area (Å²) in [5, 5.41) is 13.5. The molecular weight excluding hydrogens is 993 g/mol. The molecule has 6 aromatic rings. The van der Waals surface area contributed by atoms with Crippen molar-refractivity contribution in [2.24, 2.45) is 17.8 Å². The molecule has 3 fully saturated rings. The predicted molar refractivity (Wildman–Crippen MR) is 315 cm³/mol. The van der Waals surface area contributed by atoms with Crippen LogP contribution < -0.4 is 0 Å². The van der Waals surface area contributed by atoms with Crippen LogP contribution in [0.1, 0.15) is 144 Å². The van der Waals surface area contributed by atoms with Gasteiger partial charge in [-0.05, 0) is 228 Å². The van der Waals surface area contributed by atoms with Gasteiger partial charge < -0.3 is 14.7 Å². The maximum absolute atomic E-state index is 11.7. The highest BCUT2D eigenvalue weighted by molar-refractivity contribution is 6.33. The molecule has 12 heteroatoms. The summed E-state index contributed by atoms with van der Waals surface area (Å²) in [6, 6.07) is 26.6. The molecule has 6 heterocycles. The number of nitro benzene ring substituents is 1. The van der Waals surface area contributed by atoms with Crippen LogP contribution in [0.15, 0.2) is 97.5 Å². The first-order valence-electron chi connectivity index (χ1n) is 25.9. The molecule has 12 rings (SSSR count). The number of halogens is 3. The van der Waals surface area contributed by atoms with Crippen LogP contribution in [0.3, 0.4) is 0 Å². The number of hydrogen-bond acceptors (Lipinski definition) is 8. The number of rotatable bonds is 4. The number of nitrogens with zero attached hydrogens (tertiary/aromatic N) is 7. The van der Waals surface area contributed by atoms with E-state index in [2.05, 4.69) is 108 Å². The number of aryl methyl sites for hydroxylation is 1. The van der Waals surface area contributed by atoms with Gasteiger partial charge in [0.15, 0.2) is 0 Å². The van der Waals surface area contributed by atoms with Gasteiger partial charge in [-0.1, -0.05) is 110 Å². The SMILES string of the molecule is C.C.CN1CCC(C2c3ccc(Cl)c([N+](=O)[O-])c3C=Cc3cccnc32)CC1.CN1CCC(C2c3ccc(Cl)cc3C=Cc3cccnc32)CC1.Cc1cnc2c(c1)C=Cc1cc(Cl)ccc1C2C1CCN(C)CC1. The lowest BCUT2D eigenvalue weighted by atomic mass is 9.76. The van der Waals surface area contributed by atoms with E-state index < -0.39 is 0 Å². The minimum absolute atomic E-state index is 0. The topological polar surface area (TPSA) is 91.5 Å². The van der Waals surface area contributed by atoms with Gasteiger partial charge in [0.1, 0.15) is 5.02 Å². The molecule has 0 amide bonds. The molecule has 75 heavy (non-hydrogen) atoms. The Morgan fingerprint density at radius 3 is 1.37 bits per heavy atom. The molecule has 0 saturated carbocycles. The molecule has 9 nitrogen and oxygen atoms in total. The van der Waals surface area contributed by atoms with Crippen LogP contribution in [-0.2, 0) is 0 Å². The zero-order valence-electron chi connectivity index (χ0n) is 42.2. The molecule has 3 aliphatic carbocycles. The normalized spacial score (nSPS) is 20.4. The second-order valence-electron chi connectivity index (χ2n) is 21.0. The Kier molecular flexibility index (Phi) is 18.3. The van der Waals surface area contributed by atoms with E-state index in [1.165, 1.54) is 102 Å². The van der Waals surface area contributed by atoms with E-state index in [1.807, 2.05) is 67.1 Å². The number of aromatic nitrogens is 3. The number of fused-ring (bicyclic) bond motifs is 6. The minimum atomic E-state index is -0.374. The number of piperidine rings is 3. The monoisotopic (exact) mass is 1060 g/mol. The van der Waals surface area contributed by atoms with Crippen LogP contribution in [0.25, 0.3) is 36.5 Å². The molecule has 3 atom stereocenters. The summed E-state index contributed by atoms with van der Waals surface area (Å²) in [6.45, 7) is 8.83. The standard InChI is InChI=1S/C21H23ClN2.C20H20ClN3O2.C20H21ClN2.2CH4/c1-14-11-17-4-3-16-12-18(22)5-6-19(16)20(21(17)23-13-14)15-7-9-24(2)10-8-15;1-23-11-8-13(9-12-23)18-15-6-7-17(21)20(24(25)26)16(15)5-4-14-3-2-10-22-19(14)18;1-23-11-8-14(9-12-23)19-18-7-6-17(21)13-16(18)5-4-15-3-2-10-22-20(15)19;;/h3-6,11-13,15,20H,7-10H2,1-2H3;2-7,10,13,18H,8-9,11-12H2,1H3;2-7,10,13-14,19H,8-9,11-12H2,1H3;2*1H4. The molecule has 3 aromatic heterocycles. The summed E-state index contributed by atoms with van der Waals surface area (Å²) in [4.78, 5) is 32.8. The van der Waals surface area contributed by atoms with Crippen molar-refractivity contribution in [3.8, 4) is 0 Å². The first-order chi connectivity index (χ1) is 35.4. The van der Waals surface area contributed by atoms with Crippen LogP contribution in [-0.4, -0.2) is 95.0 Å². The van der Waals surface area contributed by atoms with Crippen molar-refractivity contribution in [2.75, 3.05) is 60.4 Å². The van der Waals surface area contributed by atoms with Crippen LogP contribution >= 0.6 is 34.8 Å². The quantitative estimate of drug-likeness (QED) is 0.127. The van der Waals surface area contributed by atoms with Gasteiger partial charge in [0.05, 0.1) is 27.6 Å². The average Bonchev–Trinajstić information content (AvgIpc) is 3.74. The maximum Gasteiger partial charge on any atom is 0.295 e. The molecule has 3 aliphatic heterocycles. The predicted octanol–water partition coefficient (Wildman–Crippen LogP) is 15.6. The summed E-state index contributed by atoms with van der Waals surface area (Å²) >= 11 is 18.7. The molecule has 3 unspecified atom stereocenters. The highest BCUT2D eigenvalue weighted by Crippen LogP contribution is 2.47. The summed E-state index contributed by atoms with van der Waals surface area (Å²) in [5.74, 6) is 2.44. The fourth-order valence-corrected chi connectivity index (χ4v) is 12.9. The zero-order valence-corrected chi connectivity index (χ0v) is 44.5. The lowest BCUT2D eigenvalue weighted by Gasteiger charge is -2.35. The Hall–Kier alpha value is -5.52. The Morgan fingerprint density at radius 1 is 0.507 bits per heavy atom. The zero-order chi connectivity index (χ0) is 50.8. The number of pyridine rings is 3. The molecule has 0 spiro atoms. The van der Waals surface area contributed by atoms with E-state index in [4.69, 9.17) is 44.8 Å². The Bertz CT molecular complexity index is 3020. The highest BCUT2D eigenvalue weighted by atomic mass is 35.5. The van der Waals surface area contributed by atoms with Crippen LogP contribution in [0.2, 0.25) is 15.1 Å². The van der Waals surface area contributed by atoms with Crippen molar-refractivity contribution in [1.82, 2.24) is 29.7 Å². The Labute approximate surface area is 460 Å². The number of benzene rings is 3. The van der Waals surface area contributed by atoms with Gasteiger partial charge in [0.2, 0.25) is 0 Å². The van der Waals surface area contributed by atoms with Gasteiger partial charge in [-0.3, -0.25) is 25.1 Å². The van der Waals surface area contributed by atoms with Crippen LogP contribution in [0, 0.1) is 34.8 Å². The highest BCUT2D eigenvalue weighted by Gasteiger charge is 2.37. The van der Waals surface area contributed by atoms with E-state index in [0.29, 0.717) is 35.2 Å². The fraction of sp³-hybridized carbons (Fsp3) is 0.381. The molecule has 0 N–H and O–H groups in total. The molecule has 392 valence electrons. The molecule has 0 radical (unpaired) electrons. The maximum atomic E-state index is 11.7. The first kappa shape index (κ1) is 55.7. The largest absolute Gasteiger partial charge is 0.306 e. The molecule has 6 aliphatic rings. The van der Waals surface area contributed by atoms with Gasteiger partial charge in [-0.2, -0.15) is 0 Å². The lowest BCUT2D eigenvalue weighted by molar-refractivity contribution is -0.385. The minimum Gasteiger partial charge on any atom is -0.306 e. The number of hydrogen-bond donors (Lipinski definition) is 0. The average molecular weight is 1070 g/mol. The molecule has 3 aromatic carbocycles. The van der Waals surface area contributed by atoms with Gasteiger partial charge in [0.25, 0.3) is 5.69 Å². The number of likely N-dealkylation sites (tertiary alicyclic amines) is 3. The number of nitro groups is 1. The summed E-state index contributed by atoms with van der Waals surface area (Å²) in [7, 11) is 6.56. The van der Waals surface area contributed by atoms with Crippen molar-refractivity contribution in [3.05, 3.63) is 195 Å². The van der Waals surface area contributed by atoms with Crippen molar-refractivity contribution < 1.29 is 4.92 Å². The van der Waals surface area contributed by atoms with Crippen LogP contribution in [0.5, 0.6) is 0 Å². The van der Waals surface area contributed by atoms with Crippen LogP contribution in [0.4, 0.5) is 5.69 Å². The van der Waals surface area contributed by atoms with E-state index in [0.717, 1.165) is 52.8 Å². The first-order valence-corrected chi connectivity index (χ1v) is 27.1. The fourth-order valence-electron chi connectivity index (χ4n) is 12.3. The van der Waals surface area contributed by atoms with Crippen molar-refractivity contribution in [3.63, 3.8) is 0 Å². The molecule has 3 saturated heterocycles. The Morgan fingerprint density at radius 2 is 0.907 bits per heavy atom. The van der Waals surface area contributed by atoms with Crippen molar-refractivity contribution >= 4 is 76.9 Å². The van der Waals surface area contributed by atoms with E-state index >= 15 is 0 Å². The van der Waals surface area contributed by atoms with Gasteiger partial charge >= 0.3 is 0 Å². The van der Waals surface area contributed by atoms with E-state index in [9.17, 15) is 10.1 Å². The third-order valence-corrected chi connectivity index (χ3v) is 17.0.